The summed E-state index contributed by atoms with van der Waals surface area (Å²) in [6, 6.07) is 0. The second-order valence-corrected chi connectivity index (χ2v) is 8.09. The maximum Gasteiger partial charge on any atom is 0.0757 e. The summed E-state index contributed by atoms with van der Waals surface area (Å²) in [5.74, 6) is 0.878. The van der Waals surface area contributed by atoms with Crippen LogP contribution in [0.4, 0.5) is 0 Å². The van der Waals surface area contributed by atoms with E-state index in [1.54, 1.807) is 0 Å². The van der Waals surface area contributed by atoms with Gasteiger partial charge in [-0.3, -0.25) is 4.90 Å². The third-order valence-corrected chi connectivity index (χ3v) is 4.94. The lowest BCUT2D eigenvalue weighted by molar-refractivity contribution is -0.137. The van der Waals surface area contributed by atoms with E-state index in [2.05, 4.69) is 45.0 Å². The highest BCUT2D eigenvalue weighted by atomic mass is 16.5. The zero-order chi connectivity index (χ0) is 14.8. The molecule has 1 aliphatic carbocycles. The van der Waals surface area contributed by atoms with Crippen LogP contribution in [-0.2, 0) is 4.74 Å². The first-order valence-electron chi connectivity index (χ1n) is 8.39. The Balaban J connectivity index is 2.03. The highest BCUT2D eigenvalue weighted by Gasteiger charge is 2.39. The molecular formula is C17H34N2O. The quantitative estimate of drug-likeness (QED) is 0.858. The number of hydrogen-bond donors (Lipinski definition) is 1. The van der Waals surface area contributed by atoms with Crippen molar-refractivity contribution in [2.45, 2.75) is 65.1 Å². The first-order valence-corrected chi connectivity index (χ1v) is 8.39. The van der Waals surface area contributed by atoms with E-state index in [-0.39, 0.29) is 5.60 Å². The van der Waals surface area contributed by atoms with Gasteiger partial charge in [0.25, 0.3) is 0 Å². The normalized spacial score (nSPS) is 38.9. The van der Waals surface area contributed by atoms with Crippen molar-refractivity contribution in [1.29, 1.82) is 0 Å². The highest BCUT2D eigenvalue weighted by Crippen LogP contribution is 2.40. The molecule has 3 heteroatoms. The van der Waals surface area contributed by atoms with Crippen molar-refractivity contribution < 1.29 is 4.74 Å². The molecule has 2 rings (SSSR count). The highest BCUT2D eigenvalue weighted by molar-refractivity contribution is 4.92. The first kappa shape index (κ1) is 16.3. The minimum atomic E-state index is -0.00121. The summed E-state index contributed by atoms with van der Waals surface area (Å²) in [5, 5.41) is 3.46. The second kappa shape index (κ2) is 6.33. The molecule has 2 aliphatic rings. The van der Waals surface area contributed by atoms with Crippen LogP contribution in [0.2, 0.25) is 0 Å². The van der Waals surface area contributed by atoms with Crippen LogP contribution in [0.25, 0.3) is 0 Å². The van der Waals surface area contributed by atoms with Gasteiger partial charge in [0.2, 0.25) is 0 Å². The van der Waals surface area contributed by atoms with Crippen molar-refractivity contribution in [2.24, 2.45) is 11.3 Å². The van der Waals surface area contributed by atoms with Crippen LogP contribution in [0.1, 0.15) is 53.4 Å². The number of nitrogens with one attached hydrogen (secondary N) is 1. The molecule has 3 nitrogen and oxygen atoms in total. The number of nitrogens with zero attached hydrogens (tertiary/aromatic N) is 1. The van der Waals surface area contributed by atoms with E-state index in [4.69, 9.17) is 4.74 Å². The molecule has 1 saturated heterocycles. The molecule has 1 N–H and O–H groups in total. The molecule has 0 spiro atoms. The lowest BCUT2D eigenvalue weighted by Crippen LogP contribution is -2.56. The molecule has 3 atom stereocenters. The minimum Gasteiger partial charge on any atom is -0.370 e. The van der Waals surface area contributed by atoms with Crippen molar-refractivity contribution in [3.63, 3.8) is 0 Å². The fourth-order valence-corrected chi connectivity index (χ4v) is 4.68. The fraction of sp³-hybridized carbons (Fsp3) is 1.00. The van der Waals surface area contributed by atoms with E-state index < -0.39 is 0 Å². The number of ether oxygens (including phenoxy) is 1. The summed E-state index contributed by atoms with van der Waals surface area (Å²) in [5.41, 5.74) is 0.471. The Morgan fingerprint density at radius 3 is 2.65 bits per heavy atom. The molecule has 3 unspecified atom stereocenters. The number of rotatable bonds is 4. The van der Waals surface area contributed by atoms with Gasteiger partial charge in [-0.2, -0.15) is 0 Å². The van der Waals surface area contributed by atoms with Gasteiger partial charge in [-0.25, -0.2) is 0 Å². The summed E-state index contributed by atoms with van der Waals surface area (Å²) in [4.78, 5) is 2.66. The summed E-state index contributed by atoms with van der Waals surface area (Å²) in [7, 11) is 2.10. The standard InChI is InChI=1S/C17H34N2O/c1-14-7-6-8-17(9-14,11-18-5)13-19-10-15(2)20-16(3,4)12-19/h14-15,18H,6-13H2,1-5H3. The molecular weight excluding hydrogens is 248 g/mol. The molecule has 1 aliphatic heterocycles. The van der Waals surface area contributed by atoms with Crippen molar-refractivity contribution in [1.82, 2.24) is 10.2 Å². The summed E-state index contributed by atoms with van der Waals surface area (Å²) in [6.45, 7) is 13.6. The third kappa shape index (κ3) is 4.19. The van der Waals surface area contributed by atoms with Gasteiger partial charge < -0.3 is 10.1 Å². The SMILES string of the molecule is CNCC1(CN2CC(C)OC(C)(C)C2)CCCC(C)C1. The van der Waals surface area contributed by atoms with E-state index in [1.807, 2.05) is 0 Å². The zero-order valence-electron chi connectivity index (χ0n) is 14.2. The Kier molecular flexibility index (Phi) is 5.14. The maximum absolute atomic E-state index is 6.05. The Morgan fingerprint density at radius 1 is 1.30 bits per heavy atom. The first-order chi connectivity index (χ1) is 9.34. The smallest absolute Gasteiger partial charge is 0.0757 e. The number of morpholine rings is 1. The van der Waals surface area contributed by atoms with Gasteiger partial charge in [0.1, 0.15) is 0 Å². The van der Waals surface area contributed by atoms with E-state index in [1.165, 1.54) is 32.2 Å². The van der Waals surface area contributed by atoms with Gasteiger partial charge in [0.15, 0.2) is 0 Å². The van der Waals surface area contributed by atoms with Crippen LogP contribution in [0.3, 0.4) is 0 Å². The topological polar surface area (TPSA) is 24.5 Å². The average molecular weight is 282 g/mol. The van der Waals surface area contributed by atoms with Crippen LogP contribution >= 0.6 is 0 Å². The lowest BCUT2D eigenvalue weighted by Gasteiger charge is -2.48. The van der Waals surface area contributed by atoms with Gasteiger partial charge in [-0.05, 0) is 52.0 Å². The molecule has 1 heterocycles. The van der Waals surface area contributed by atoms with Crippen LogP contribution in [-0.4, -0.2) is 49.8 Å². The van der Waals surface area contributed by atoms with E-state index in [0.717, 1.165) is 25.6 Å². The zero-order valence-corrected chi connectivity index (χ0v) is 14.2. The van der Waals surface area contributed by atoms with Gasteiger partial charge in [0.05, 0.1) is 11.7 Å². The average Bonchev–Trinajstić information content (AvgIpc) is 2.25. The predicted molar refractivity (Wildman–Crippen MR) is 85.1 cm³/mol. The fourth-order valence-electron chi connectivity index (χ4n) is 4.68. The number of hydrogen-bond acceptors (Lipinski definition) is 3. The van der Waals surface area contributed by atoms with Crippen molar-refractivity contribution >= 4 is 0 Å². The van der Waals surface area contributed by atoms with Gasteiger partial charge in [-0.1, -0.05) is 19.8 Å². The summed E-state index contributed by atoms with van der Waals surface area (Å²) in [6.07, 6.45) is 5.92. The molecule has 0 aromatic carbocycles. The Labute approximate surface area is 125 Å². The van der Waals surface area contributed by atoms with Crippen molar-refractivity contribution in [2.75, 3.05) is 33.2 Å². The molecule has 1 saturated carbocycles. The van der Waals surface area contributed by atoms with Crippen molar-refractivity contribution in [3.8, 4) is 0 Å². The molecule has 0 aromatic rings. The van der Waals surface area contributed by atoms with E-state index in [9.17, 15) is 0 Å². The van der Waals surface area contributed by atoms with Crippen LogP contribution < -0.4 is 5.32 Å². The monoisotopic (exact) mass is 282 g/mol. The molecule has 118 valence electrons. The maximum atomic E-state index is 6.05. The molecule has 20 heavy (non-hydrogen) atoms. The molecule has 0 radical (unpaired) electrons. The lowest BCUT2D eigenvalue weighted by atomic mass is 9.69. The summed E-state index contributed by atoms with van der Waals surface area (Å²) < 4.78 is 6.05. The Morgan fingerprint density at radius 2 is 2.05 bits per heavy atom. The molecule has 0 aromatic heterocycles. The van der Waals surface area contributed by atoms with Crippen LogP contribution in [0.15, 0.2) is 0 Å². The van der Waals surface area contributed by atoms with Gasteiger partial charge in [-0.15, -0.1) is 0 Å². The minimum absolute atomic E-state index is 0.00121. The second-order valence-electron chi connectivity index (χ2n) is 8.09. The third-order valence-electron chi connectivity index (χ3n) is 4.94. The Hall–Kier alpha value is -0.120. The van der Waals surface area contributed by atoms with Gasteiger partial charge in [0, 0.05) is 26.2 Å². The van der Waals surface area contributed by atoms with Gasteiger partial charge >= 0.3 is 0 Å². The largest absolute Gasteiger partial charge is 0.370 e. The van der Waals surface area contributed by atoms with E-state index >= 15 is 0 Å². The summed E-state index contributed by atoms with van der Waals surface area (Å²) >= 11 is 0. The predicted octanol–water partition coefficient (Wildman–Crippen LogP) is 2.90. The molecule has 0 amide bonds. The van der Waals surface area contributed by atoms with E-state index in [0.29, 0.717) is 11.5 Å². The molecule has 0 bridgehead atoms. The van der Waals surface area contributed by atoms with Crippen LogP contribution in [0.5, 0.6) is 0 Å². The van der Waals surface area contributed by atoms with Crippen LogP contribution in [0, 0.1) is 11.3 Å². The Bertz CT molecular complexity index is 314. The van der Waals surface area contributed by atoms with Crippen molar-refractivity contribution in [3.05, 3.63) is 0 Å². The molecule has 2 fully saturated rings.